The van der Waals surface area contributed by atoms with E-state index in [-0.39, 0.29) is 0 Å². The number of carbonyl (C=O) groups is 1. The van der Waals surface area contributed by atoms with Crippen LogP contribution in [0.25, 0.3) is 10.6 Å². The molecular formula is C17H13ClN2O2S2. The molecule has 4 nitrogen and oxygen atoms in total. The van der Waals surface area contributed by atoms with Crippen LogP contribution >= 0.6 is 22.9 Å². The zero-order chi connectivity index (χ0) is 17.2. The lowest BCUT2D eigenvalue weighted by Gasteiger charge is -2.03. The molecule has 7 heteroatoms. The van der Waals surface area contributed by atoms with Crippen molar-refractivity contribution >= 4 is 38.6 Å². The first kappa shape index (κ1) is 16.8. The van der Waals surface area contributed by atoms with E-state index in [0.29, 0.717) is 14.8 Å². The second-order valence-electron chi connectivity index (χ2n) is 5.03. The van der Waals surface area contributed by atoms with Crippen LogP contribution in [0.15, 0.2) is 70.1 Å². The van der Waals surface area contributed by atoms with Gasteiger partial charge in [-0.1, -0.05) is 17.7 Å². The summed E-state index contributed by atoms with van der Waals surface area (Å²) in [5, 5.41) is 0.540. The van der Waals surface area contributed by atoms with Crippen molar-refractivity contribution in [2.75, 3.05) is 6.26 Å². The predicted molar refractivity (Wildman–Crippen MR) is 98.1 cm³/mol. The van der Waals surface area contributed by atoms with Gasteiger partial charge in [0.2, 0.25) is 0 Å². The van der Waals surface area contributed by atoms with Gasteiger partial charge in [-0.15, -0.1) is 11.3 Å². The lowest BCUT2D eigenvalue weighted by Crippen LogP contribution is -2.02. The molecule has 1 atom stereocenters. The highest BCUT2D eigenvalue weighted by Gasteiger charge is 2.14. The van der Waals surface area contributed by atoms with E-state index in [2.05, 4.69) is 9.35 Å². The summed E-state index contributed by atoms with van der Waals surface area (Å²) < 4.78 is 16.6. The SMILES string of the molecule is C[S@@](=O)(=NC(=O)c1ccc(-c2ccccn2)s1)c1ccc(Cl)cc1. The Kier molecular flexibility index (Phi) is 4.80. The Bertz CT molecular complexity index is 989. The van der Waals surface area contributed by atoms with Gasteiger partial charge in [0.15, 0.2) is 0 Å². The number of thiophene rings is 1. The molecule has 122 valence electrons. The van der Waals surface area contributed by atoms with Gasteiger partial charge in [0.25, 0.3) is 5.91 Å². The first-order valence-electron chi connectivity index (χ1n) is 6.99. The predicted octanol–water partition coefficient (Wildman–Crippen LogP) is 4.76. The third-order valence-electron chi connectivity index (χ3n) is 3.24. The number of amides is 1. The van der Waals surface area contributed by atoms with Crippen molar-refractivity contribution in [2.45, 2.75) is 4.90 Å². The molecule has 3 rings (SSSR count). The summed E-state index contributed by atoms with van der Waals surface area (Å²) in [5.74, 6) is -0.496. The van der Waals surface area contributed by atoms with Crippen molar-refractivity contribution in [3.63, 3.8) is 0 Å². The van der Waals surface area contributed by atoms with Crippen molar-refractivity contribution in [2.24, 2.45) is 4.36 Å². The fourth-order valence-electron chi connectivity index (χ4n) is 2.04. The Morgan fingerprint density at radius 3 is 2.54 bits per heavy atom. The maximum absolute atomic E-state index is 12.7. The zero-order valence-electron chi connectivity index (χ0n) is 12.7. The first-order valence-corrected chi connectivity index (χ1v) is 10.1. The molecule has 0 aliphatic heterocycles. The number of nitrogens with zero attached hydrogens (tertiary/aromatic N) is 2. The van der Waals surface area contributed by atoms with Crippen LogP contribution in [0.2, 0.25) is 5.02 Å². The van der Waals surface area contributed by atoms with Gasteiger partial charge in [0.05, 0.1) is 25.2 Å². The van der Waals surface area contributed by atoms with Gasteiger partial charge in [-0.25, -0.2) is 4.21 Å². The first-order chi connectivity index (χ1) is 11.5. The van der Waals surface area contributed by atoms with E-state index in [1.54, 1.807) is 36.5 Å². The Morgan fingerprint density at radius 1 is 1.12 bits per heavy atom. The molecule has 2 aromatic heterocycles. The van der Waals surface area contributed by atoms with Crippen LogP contribution in [0, 0.1) is 0 Å². The van der Waals surface area contributed by atoms with Crippen molar-refractivity contribution in [1.29, 1.82) is 0 Å². The molecule has 0 spiro atoms. The van der Waals surface area contributed by atoms with Gasteiger partial charge < -0.3 is 0 Å². The molecule has 0 saturated heterocycles. The largest absolute Gasteiger partial charge is 0.295 e. The van der Waals surface area contributed by atoms with Gasteiger partial charge in [-0.3, -0.25) is 9.78 Å². The highest BCUT2D eigenvalue weighted by Crippen LogP contribution is 2.27. The van der Waals surface area contributed by atoms with E-state index < -0.39 is 15.6 Å². The molecule has 0 aliphatic rings. The van der Waals surface area contributed by atoms with Crippen LogP contribution < -0.4 is 0 Å². The molecule has 24 heavy (non-hydrogen) atoms. The van der Waals surface area contributed by atoms with Gasteiger partial charge in [0, 0.05) is 22.4 Å². The number of carbonyl (C=O) groups excluding carboxylic acids is 1. The molecule has 0 fully saturated rings. The third kappa shape index (κ3) is 3.72. The Hall–Kier alpha value is -2.02. The fraction of sp³-hybridized carbons (Fsp3) is 0.0588. The standard InChI is InChI=1S/C17H13ClN2O2S2/c1-24(22,13-7-5-12(18)6-8-13)20-17(21)16-10-9-15(23-16)14-4-2-3-11-19-14/h2-11H,1H3/t24-/m0/s1. The number of halogens is 1. The van der Waals surface area contributed by atoms with E-state index in [1.807, 2.05) is 24.3 Å². The maximum atomic E-state index is 12.7. The summed E-state index contributed by atoms with van der Waals surface area (Å²) in [4.78, 5) is 18.4. The second kappa shape index (κ2) is 6.84. The highest BCUT2D eigenvalue weighted by atomic mass is 35.5. The second-order valence-corrected chi connectivity index (χ2v) is 8.81. The molecule has 2 heterocycles. The maximum Gasteiger partial charge on any atom is 0.295 e. The highest BCUT2D eigenvalue weighted by molar-refractivity contribution is 7.93. The average molecular weight is 377 g/mol. The molecule has 0 radical (unpaired) electrons. The molecule has 3 aromatic rings. The molecule has 0 unspecified atom stereocenters. The Labute approximate surface area is 149 Å². The number of rotatable bonds is 3. The average Bonchev–Trinajstić information content (AvgIpc) is 3.06. The molecule has 1 amide bonds. The molecule has 0 bridgehead atoms. The van der Waals surface area contributed by atoms with Crippen LogP contribution in [0.5, 0.6) is 0 Å². The zero-order valence-corrected chi connectivity index (χ0v) is 15.1. The third-order valence-corrected chi connectivity index (χ3v) is 6.25. The van der Waals surface area contributed by atoms with E-state index in [4.69, 9.17) is 11.6 Å². The fourth-order valence-corrected chi connectivity index (χ4v) is 4.25. The number of hydrogen-bond donors (Lipinski definition) is 0. The van der Waals surface area contributed by atoms with Crippen molar-refractivity contribution in [1.82, 2.24) is 4.98 Å². The van der Waals surface area contributed by atoms with Crippen molar-refractivity contribution < 1.29 is 9.00 Å². The molecular weight excluding hydrogens is 364 g/mol. The minimum atomic E-state index is -2.82. The lowest BCUT2D eigenvalue weighted by atomic mass is 10.3. The molecule has 0 aliphatic carbocycles. The van der Waals surface area contributed by atoms with Crippen LogP contribution in [0.4, 0.5) is 0 Å². The summed E-state index contributed by atoms with van der Waals surface area (Å²) in [7, 11) is -2.82. The molecule has 1 aromatic carbocycles. The van der Waals surface area contributed by atoms with Crippen LogP contribution in [-0.2, 0) is 9.73 Å². The number of aromatic nitrogens is 1. The van der Waals surface area contributed by atoms with E-state index in [1.165, 1.54) is 17.6 Å². The summed E-state index contributed by atoms with van der Waals surface area (Å²) in [5.41, 5.74) is 0.788. The summed E-state index contributed by atoms with van der Waals surface area (Å²) in [6, 6.07) is 15.6. The summed E-state index contributed by atoms with van der Waals surface area (Å²) >= 11 is 7.11. The Morgan fingerprint density at radius 2 is 1.88 bits per heavy atom. The Balaban J connectivity index is 1.91. The van der Waals surface area contributed by atoms with Crippen LogP contribution in [0.1, 0.15) is 9.67 Å². The number of hydrogen-bond acceptors (Lipinski definition) is 4. The van der Waals surface area contributed by atoms with Gasteiger partial charge in [-0.2, -0.15) is 4.36 Å². The van der Waals surface area contributed by atoms with E-state index in [0.717, 1.165) is 10.6 Å². The number of pyridine rings is 1. The quantitative estimate of drug-likeness (QED) is 0.662. The van der Waals surface area contributed by atoms with Crippen molar-refractivity contribution in [3.8, 4) is 10.6 Å². The summed E-state index contributed by atoms with van der Waals surface area (Å²) in [6.45, 7) is 0. The molecule has 0 saturated carbocycles. The minimum Gasteiger partial charge on any atom is -0.265 e. The van der Waals surface area contributed by atoms with Gasteiger partial charge in [0.1, 0.15) is 0 Å². The van der Waals surface area contributed by atoms with Gasteiger partial charge >= 0.3 is 0 Å². The van der Waals surface area contributed by atoms with Gasteiger partial charge in [-0.05, 0) is 48.5 Å². The minimum absolute atomic E-state index is 0.430. The summed E-state index contributed by atoms with van der Waals surface area (Å²) in [6.07, 6.45) is 3.14. The normalized spacial score (nSPS) is 13.2. The lowest BCUT2D eigenvalue weighted by molar-refractivity contribution is 0.101. The topological polar surface area (TPSA) is 59.4 Å². The van der Waals surface area contributed by atoms with Crippen molar-refractivity contribution in [3.05, 3.63) is 70.7 Å². The van der Waals surface area contributed by atoms with Crippen LogP contribution in [-0.4, -0.2) is 21.4 Å². The monoisotopic (exact) mass is 376 g/mol. The van der Waals surface area contributed by atoms with E-state index in [9.17, 15) is 9.00 Å². The molecule has 0 N–H and O–H groups in total. The smallest absolute Gasteiger partial charge is 0.265 e. The number of benzene rings is 1. The van der Waals surface area contributed by atoms with E-state index >= 15 is 0 Å². The van der Waals surface area contributed by atoms with Crippen LogP contribution in [0.3, 0.4) is 0 Å².